The fourth-order valence-electron chi connectivity index (χ4n) is 4.07. The Hall–Kier alpha value is -2.29. The molecule has 4 N–H and O–H groups in total. The number of rotatable bonds is 5. The summed E-state index contributed by atoms with van der Waals surface area (Å²) in [6.07, 6.45) is -3.12. The van der Waals surface area contributed by atoms with Crippen LogP contribution >= 0.6 is 0 Å². The minimum Gasteiger partial charge on any atom is -0.394 e. The molecule has 4 rings (SSSR count). The van der Waals surface area contributed by atoms with Crippen LogP contribution < -0.4 is 0 Å². The SMILES string of the molecule is CCc1ccc(Cc2cn([C@@H]3O[C@H](CO)[C@@H](O)[C@H](O)[C@H]3O)c3ccc(F)cc23)cc1. The second-order valence-electron chi connectivity index (χ2n) is 7.79. The number of halogens is 1. The summed E-state index contributed by atoms with van der Waals surface area (Å²) in [6, 6.07) is 12.5. The van der Waals surface area contributed by atoms with Gasteiger partial charge in [0.2, 0.25) is 0 Å². The van der Waals surface area contributed by atoms with Crippen molar-refractivity contribution in [3.8, 4) is 0 Å². The lowest BCUT2D eigenvalue weighted by molar-refractivity contribution is -0.250. The molecule has 30 heavy (non-hydrogen) atoms. The molecule has 0 amide bonds. The van der Waals surface area contributed by atoms with E-state index in [0.717, 1.165) is 17.5 Å². The molecular weight excluding hydrogens is 389 g/mol. The maximum absolute atomic E-state index is 14.0. The molecule has 1 aliphatic rings. The monoisotopic (exact) mass is 415 g/mol. The molecule has 7 heteroatoms. The zero-order chi connectivity index (χ0) is 21.4. The first-order chi connectivity index (χ1) is 14.4. The van der Waals surface area contributed by atoms with E-state index < -0.39 is 37.3 Å². The molecule has 2 heterocycles. The van der Waals surface area contributed by atoms with Gasteiger partial charge in [-0.3, -0.25) is 0 Å². The number of aryl methyl sites for hydroxylation is 1. The first-order valence-electron chi connectivity index (χ1n) is 10.1. The molecule has 6 nitrogen and oxygen atoms in total. The average molecular weight is 415 g/mol. The van der Waals surface area contributed by atoms with E-state index in [-0.39, 0.29) is 5.82 Å². The van der Waals surface area contributed by atoms with E-state index in [4.69, 9.17) is 4.74 Å². The highest BCUT2D eigenvalue weighted by Crippen LogP contribution is 2.34. The van der Waals surface area contributed by atoms with Crippen molar-refractivity contribution in [2.75, 3.05) is 6.61 Å². The molecule has 0 aliphatic carbocycles. The third-order valence-electron chi connectivity index (χ3n) is 5.84. The number of fused-ring (bicyclic) bond motifs is 1. The lowest BCUT2D eigenvalue weighted by Crippen LogP contribution is -2.56. The third-order valence-corrected chi connectivity index (χ3v) is 5.84. The number of aliphatic hydroxyl groups is 4. The van der Waals surface area contributed by atoms with Crippen molar-refractivity contribution < 1.29 is 29.6 Å². The van der Waals surface area contributed by atoms with Crippen LogP contribution in [0.3, 0.4) is 0 Å². The van der Waals surface area contributed by atoms with E-state index in [1.54, 1.807) is 16.8 Å². The summed E-state index contributed by atoms with van der Waals surface area (Å²) < 4.78 is 21.4. The van der Waals surface area contributed by atoms with E-state index in [0.29, 0.717) is 17.3 Å². The van der Waals surface area contributed by atoms with Gasteiger partial charge in [0, 0.05) is 11.6 Å². The summed E-state index contributed by atoms with van der Waals surface area (Å²) in [4.78, 5) is 0. The number of hydrogen-bond acceptors (Lipinski definition) is 5. The van der Waals surface area contributed by atoms with Gasteiger partial charge in [0.05, 0.1) is 12.1 Å². The van der Waals surface area contributed by atoms with E-state index in [2.05, 4.69) is 19.1 Å². The number of hydrogen-bond donors (Lipinski definition) is 4. The Kier molecular flexibility index (Phi) is 5.90. The highest BCUT2D eigenvalue weighted by molar-refractivity contribution is 5.84. The van der Waals surface area contributed by atoms with Crippen LogP contribution in [0.5, 0.6) is 0 Å². The Bertz CT molecular complexity index is 1020. The van der Waals surface area contributed by atoms with Gasteiger partial charge in [-0.15, -0.1) is 0 Å². The lowest BCUT2D eigenvalue weighted by atomic mass is 9.98. The average Bonchev–Trinajstić information content (AvgIpc) is 3.10. The van der Waals surface area contributed by atoms with Crippen LogP contribution in [0.15, 0.2) is 48.7 Å². The van der Waals surface area contributed by atoms with Gasteiger partial charge in [-0.25, -0.2) is 4.39 Å². The van der Waals surface area contributed by atoms with Crippen LogP contribution in [0.4, 0.5) is 4.39 Å². The van der Waals surface area contributed by atoms with Gasteiger partial charge in [-0.2, -0.15) is 0 Å². The van der Waals surface area contributed by atoms with Crippen LogP contribution in [-0.2, 0) is 17.6 Å². The summed E-state index contributed by atoms with van der Waals surface area (Å²) in [5.41, 5.74) is 3.75. The topological polar surface area (TPSA) is 95.1 Å². The predicted molar refractivity (Wildman–Crippen MR) is 110 cm³/mol. The molecule has 1 aliphatic heterocycles. The van der Waals surface area contributed by atoms with Crippen molar-refractivity contribution in [2.24, 2.45) is 0 Å². The first-order valence-corrected chi connectivity index (χ1v) is 10.1. The van der Waals surface area contributed by atoms with Gasteiger partial charge in [-0.1, -0.05) is 31.2 Å². The molecule has 3 aromatic rings. The highest BCUT2D eigenvalue weighted by atomic mass is 19.1. The van der Waals surface area contributed by atoms with E-state index in [9.17, 15) is 24.8 Å². The van der Waals surface area contributed by atoms with Gasteiger partial charge in [0.25, 0.3) is 0 Å². The predicted octanol–water partition coefficient (Wildman–Crippen LogP) is 1.91. The van der Waals surface area contributed by atoms with Crippen LogP contribution in [0.1, 0.15) is 29.8 Å². The minimum absolute atomic E-state index is 0.378. The Morgan fingerprint density at radius 1 is 0.967 bits per heavy atom. The zero-order valence-electron chi connectivity index (χ0n) is 16.6. The second kappa shape index (κ2) is 8.45. The molecule has 0 radical (unpaired) electrons. The number of benzene rings is 2. The maximum Gasteiger partial charge on any atom is 0.163 e. The molecule has 1 aromatic heterocycles. The van der Waals surface area contributed by atoms with Crippen LogP contribution in [0.25, 0.3) is 10.9 Å². The van der Waals surface area contributed by atoms with Crippen LogP contribution in [0, 0.1) is 5.82 Å². The fourth-order valence-corrected chi connectivity index (χ4v) is 4.07. The lowest BCUT2D eigenvalue weighted by Gasteiger charge is -2.40. The molecule has 1 fully saturated rings. The normalized spacial score (nSPS) is 26.9. The summed E-state index contributed by atoms with van der Waals surface area (Å²) >= 11 is 0. The Morgan fingerprint density at radius 3 is 2.33 bits per heavy atom. The number of nitrogens with zero attached hydrogens (tertiary/aromatic N) is 1. The largest absolute Gasteiger partial charge is 0.394 e. The number of aromatic nitrogens is 1. The molecule has 5 atom stereocenters. The number of aliphatic hydroxyl groups excluding tert-OH is 4. The fraction of sp³-hybridized carbons (Fsp3) is 0.391. The van der Waals surface area contributed by atoms with Crippen molar-refractivity contribution in [1.29, 1.82) is 0 Å². The third kappa shape index (κ3) is 3.75. The highest BCUT2D eigenvalue weighted by Gasteiger charge is 2.44. The van der Waals surface area contributed by atoms with Gasteiger partial charge in [-0.05, 0) is 47.7 Å². The van der Waals surface area contributed by atoms with E-state index in [1.807, 2.05) is 12.1 Å². The molecular formula is C23H26FNO5. The van der Waals surface area contributed by atoms with Gasteiger partial charge in [0.1, 0.15) is 30.2 Å². The Balaban J connectivity index is 1.75. The van der Waals surface area contributed by atoms with Crippen molar-refractivity contribution in [3.05, 3.63) is 71.2 Å². The first kappa shape index (κ1) is 21.0. The van der Waals surface area contributed by atoms with Gasteiger partial charge < -0.3 is 29.7 Å². The molecule has 0 saturated carbocycles. The molecule has 2 aromatic carbocycles. The van der Waals surface area contributed by atoms with Crippen LogP contribution in [-0.4, -0.2) is 56.0 Å². The molecule has 0 unspecified atom stereocenters. The van der Waals surface area contributed by atoms with Crippen molar-refractivity contribution in [1.82, 2.24) is 4.57 Å². The summed E-state index contributed by atoms with van der Waals surface area (Å²) in [7, 11) is 0. The summed E-state index contributed by atoms with van der Waals surface area (Å²) in [6.45, 7) is 1.58. The van der Waals surface area contributed by atoms with Crippen molar-refractivity contribution >= 4 is 10.9 Å². The van der Waals surface area contributed by atoms with E-state index >= 15 is 0 Å². The number of ether oxygens (including phenoxy) is 1. The standard InChI is InChI=1S/C23H26FNO5/c1-2-13-3-5-14(6-4-13)9-15-11-25(18-8-7-16(24)10-17(15)18)23-22(29)21(28)20(27)19(12-26)30-23/h3-8,10-11,19-23,26-29H,2,9,12H2,1H3/t19-,20-,21+,22-,23-/m1/s1. The quantitative estimate of drug-likeness (QED) is 0.511. The van der Waals surface area contributed by atoms with Crippen LogP contribution in [0.2, 0.25) is 0 Å². The second-order valence-corrected chi connectivity index (χ2v) is 7.79. The minimum atomic E-state index is -1.48. The molecule has 160 valence electrons. The molecule has 1 saturated heterocycles. The van der Waals surface area contributed by atoms with Gasteiger partial charge >= 0.3 is 0 Å². The zero-order valence-corrected chi connectivity index (χ0v) is 16.6. The smallest absolute Gasteiger partial charge is 0.163 e. The summed E-state index contributed by atoms with van der Waals surface area (Å²) in [5, 5.41) is 40.9. The van der Waals surface area contributed by atoms with Crippen molar-refractivity contribution in [3.63, 3.8) is 0 Å². The maximum atomic E-state index is 14.0. The van der Waals surface area contributed by atoms with E-state index in [1.165, 1.54) is 17.7 Å². The Morgan fingerprint density at radius 2 is 1.67 bits per heavy atom. The molecule has 0 bridgehead atoms. The Labute approximate surface area is 173 Å². The van der Waals surface area contributed by atoms with Gasteiger partial charge in [0.15, 0.2) is 6.23 Å². The van der Waals surface area contributed by atoms with Crippen molar-refractivity contribution in [2.45, 2.75) is 50.4 Å². The molecule has 0 spiro atoms. The summed E-state index contributed by atoms with van der Waals surface area (Å²) in [5.74, 6) is -0.378.